The largest absolute Gasteiger partial charge is 0.483 e. The van der Waals surface area contributed by atoms with E-state index in [0.717, 1.165) is 5.56 Å². The number of rotatable bonds is 11. The van der Waals surface area contributed by atoms with Crippen molar-refractivity contribution in [2.45, 2.75) is 61.9 Å². The molecule has 2 unspecified atom stereocenters. The highest BCUT2D eigenvalue weighted by atomic mass is 35.5. The first-order valence-corrected chi connectivity index (χ1v) is 23.4. The molecule has 10 rings (SSSR count). The minimum Gasteiger partial charge on any atom is -0.483 e. The molecule has 0 amide bonds. The lowest BCUT2D eigenvalue weighted by Gasteiger charge is -2.21. The molecule has 4 fully saturated rings. The zero-order valence-electron chi connectivity index (χ0n) is 37.1. The number of pyridine rings is 2. The molecule has 368 valence electrons. The Kier molecular flexibility index (Phi) is 16.3. The van der Waals surface area contributed by atoms with Gasteiger partial charge in [-0.15, -0.1) is 23.2 Å². The number of carbonyl (C=O) groups excluding carboxylic acids is 2. The number of alkyl halides is 2. The smallest absolute Gasteiger partial charge is 0.321 e. The van der Waals surface area contributed by atoms with Gasteiger partial charge in [0, 0.05) is 10.8 Å². The predicted octanol–water partition coefficient (Wildman–Crippen LogP) is 5.71. The lowest BCUT2D eigenvalue weighted by Crippen LogP contribution is -2.37. The van der Waals surface area contributed by atoms with Gasteiger partial charge in [-0.1, -0.05) is 48.5 Å². The number of fused-ring (bicyclic) bond motifs is 4. The van der Waals surface area contributed by atoms with Crippen molar-refractivity contribution < 1.29 is 56.6 Å². The van der Waals surface area contributed by atoms with E-state index in [0.29, 0.717) is 27.4 Å². The second-order valence-electron chi connectivity index (χ2n) is 16.4. The van der Waals surface area contributed by atoms with Crippen LogP contribution in [0, 0.1) is 34.3 Å². The van der Waals surface area contributed by atoms with Gasteiger partial charge in [-0.2, -0.15) is 10.5 Å². The Hall–Kier alpha value is -6.45. The molecule has 71 heavy (non-hydrogen) atoms. The maximum absolute atomic E-state index is 13.4. The molecule has 0 bridgehead atoms. The van der Waals surface area contributed by atoms with Crippen molar-refractivity contribution in [1.82, 2.24) is 9.13 Å². The van der Waals surface area contributed by atoms with E-state index in [9.17, 15) is 43.6 Å². The third-order valence-corrected chi connectivity index (χ3v) is 12.7. The van der Waals surface area contributed by atoms with Crippen LogP contribution < -0.4 is 20.6 Å². The Balaban J connectivity index is 0.000000175. The summed E-state index contributed by atoms with van der Waals surface area (Å²) in [5, 5.41) is 30.3. The van der Waals surface area contributed by atoms with Crippen LogP contribution in [0.25, 0.3) is 21.8 Å². The maximum Gasteiger partial charge on any atom is 0.321 e. The number of nitrogens with zero attached hydrogens (tertiary/aromatic N) is 4. The third-order valence-electron chi connectivity index (χ3n) is 12.0. The average Bonchev–Trinajstić information content (AvgIpc) is 4.18. The van der Waals surface area contributed by atoms with Gasteiger partial charge in [0.1, 0.15) is 60.2 Å². The number of aliphatic hydroxyl groups is 1. The van der Waals surface area contributed by atoms with Gasteiger partial charge in [-0.25, -0.2) is 8.78 Å². The first-order chi connectivity index (χ1) is 34.3. The molecule has 21 heteroatoms. The Morgan fingerprint density at radius 3 is 1.45 bits per heavy atom. The van der Waals surface area contributed by atoms with Gasteiger partial charge in [0.25, 0.3) is 11.1 Å². The van der Waals surface area contributed by atoms with Crippen molar-refractivity contribution in [1.29, 1.82) is 10.5 Å². The highest BCUT2D eigenvalue weighted by Crippen LogP contribution is 2.36. The Bertz CT molecular complexity index is 3150. The van der Waals surface area contributed by atoms with E-state index in [1.165, 1.54) is 33.4 Å². The molecule has 1 N–H and O–H groups in total. The van der Waals surface area contributed by atoms with Crippen LogP contribution in [0.2, 0.25) is 0 Å². The average molecular weight is 1030 g/mol. The summed E-state index contributed by atoms with van der Waals surface area (Å²) in [4.78, 5) is 47.6. The van der Waals surface area contributed by atoms with Crippen LogP contribution in [0.4, 0.5) is 8.78 Å². The van der Waals surface area contributed by atoms with Crippen molar-refractivity contribution in [2.24, 2.45) is 0 Å². The fraction of sp³-hybridized carbons (Fsp3) is 0.320. The zero-order chi connectivity index (χ0) is 50.3. The predicted molar refractivity (Wildman–Crippen MR) is 253 cm³/mol. The van der Waals surface area contributed by atoms with E-state index in [1.807, 2.05) is 12.1 Å². The molecule has 4 aromatic carbocycles. The number of aromatic nitrogens is 2. The van der Waals surface area contributed by atoms with Gasteiger partial charge in [0.05, 0.1) is 56.4 Å². The van der Waals surface area contributed by atoms with Gasteiger partial charge >= 0.3 is 5.97 Å². The number of esters is 1. The van der Waals surface area contributed by atoms with Crippen molar-refractivity contribution in [3.05, 3.63) is 152 Å². The number of para-hydroxylation sites is 2. The molecule has 6 heterocycles. The first kappa shape index (κ1) is 50.9. The summed E-state index contributed by atoms with van der Waals surface area (Å²) < 4.78 is 70.0. The van der Waals surface area contributed by atoms with Crippen LogP contribution in [0.5, 0.6) is 11.5 Å². The number of nitriles is 2. The molecular weight excluding hydrogens is 993 g/mol. The summed E-state index contributed by atoms with van der Waals surface area (Å²) >= 11 is 15.1. The maximum atomic E-state index is 13.4. The number of benzene rings is 4. The van der Waals surface area contributed by atoms with Crippen LogP contribution in [0.1, 0.15) is 22.3 Å². The van der Waals surface area contributed by atoms with Gasteiger partial charge in [0.2, 0.25) is 5.24 Å². The van der Waals surface area contributed by atoms with Crippen LogP contribution in [-0.4, -0.2) is 112 Å². The van der Waals surface area contributed by atoms with Gasteiger partial charge in [0.15, 0.2) is 40.9 Å². The number of carbonyl (C=O) groups is 2. The molecule has 2 aromatic heterocycles. The van der Waals surface area contributed by atoms with Crippen molar-refractivity contribution in [2.75, 3.05) is 38.2 Å². The van der Waals surface area contributed by atoms with E-state index < -0.39 is 71.2 Å². The van der Waals surface area contributed by atoms with Crippen LogP contribution >= 0.6 is 34.8 Å². The summed E-state index contributed by atoms with van der Waals surface area (Å²) in [5.74, 6) is -1.37. The molecule has 16 nitrogen and oxygen atoms in total. The van der Waals surface area contributed by atoms with Gasteiger partial charge in [-0.3, -0.25) is 19.2 Å². The Morgan fingerprint density at radius 1 is 0.620 bits per heavy atom. The fourth-order valence-electron chi connectivity index (χ4n) is 8.73. The topological polar surface area (TPSA) is 211 Å². The molecule has 4 saturated heterocycles. The summed E-state index contributed by atoms with van der Waals surface area (Å²) in [6.07, 6.45) is -4.56. The molecule has 8 atom stereocenters. The second-order valence-corrected chi connectivity index (χ2v) is 17.4. The quantitative estimate of drug-likeness (QED) is 0.0936. The number of aliphatic hydroxyl groups excluding tert-OH is 1. The van der Waals surface area contributed by atoms with Crippen molar-refractivity contribution in [3.8, 4) is 23.6 Å². The van der Waals surface area contributed by atoms with Gasteiger partial charge < -0.3 is 47.4 Å². The minimum atomic E-state index is -0.727. The highest BCUT2D eigenvalue weighted by molar-refractivity contribution is 6.67. The Labute approximate surface area is 417 Å². The summed E-state index contributed by atoms with van der Waals surface area (Å²) in [7, 11) is 0. The van der Waals surface area contributed by atoms with E-state index in [1.54, 1.807) is 72.8 Å². The second kappa shape index (κ2) is 22.7. The monoisotopic (exact) mass is 1030 g/mol. The third kappa shape index (κ3) is 11.1. The van der Waals surface area contributed by atoms with E-state index in [4.69, 9.17) is 68.0 Å². The van der Waals surface area contributed by atoms with Crippen LogP contribution in [-0.2, 0) is 46.4 Å². The molecule has 0 aliphatic carbocycles. The first-order valence-electron chi connectivity index (χ1n) is 21.9. The Morgan fingerprint density at radius 2 is 1.01 bits per heavy atom. The summed E-state index contributed by atoms with van der Waals surface area (Å²) in [5.41, 5.74) is 1.29. The molecule has 4 aliphatic rings. The normalized spacial score (nSPS) is 22.8. The lowest BCUT2D eigenvalue weighted by molar-refractivity contribution is -0.150. The molecule has 4 aliphatic heterocycles. The highest BCUT2D eigenvalue weighted by Gasteiger charge is 2.51. The van der Waals surface area contributed by atoms with E-state index >= 15 is 0 Å². The number of hydrogen-bond acceptors (Lipinski definition) is 14. The molecule has 6 aromatic rings. The standard InChI is InChI=1S/C25H20ClFN2O6.C23H19FN2O5.C2H2Cl2O/c26-9-21(30)34-19-12-32-24-20(13-33-23(19)24)35-22-16-3-1-2-4-18(16)29(25(31)17(22)10-28)11-14-5-7-15(27)8-6-14;24-14-7-5-13(6-8-14)10-26-17-4-2-1-3-15(17)20(16(9-25)23(26)28)31-19-12-30-21-18(27)11-29-22(19)21;3-1-2(4)5/h1-8,19-20,23-24H,9,11-13H2;1-8,18-19,21-22,27H,10-12H2;1H2/t19-,20?,23+,24+;18-,19?,21+,22+;/m00./s1. The molecular formula is C50H41Cl3F2N4O12. The number of hydrogen-bond donors (Lipinski definition) is 1. The molecule has 0 radical (unpaired) electrons. The van der Waals surface area contributed by atoms with Crippen molar-refractivity contribution >= 4 is 67.8 Å². The number of ether oxygens (including phenoxy) is 7. The van der Waals surface area contributed by atoms with Gasteiger partial charge in [-0.05, 0) is 71.3 Å². The fourth-order valence-corrected chi connectivity index (χ4v) is 8.80. The lowest BCUT2D eigenvalue weighted by atomic mass is 10.1. The van der Waals surface area contributed by atoms with E-state index in [2.05, 4.69) is 0 Å². The minimum absolute atomic E-state index is 0.0957. The zero-order valence-corrected chi connectivity index (χ0v) is 39.4. The molecule has 0 saturated carbocycles. The number of halogens is 5. The van der Waals surface area contributed by atoms with Crippen LogP contribution in [0.15, 0.2) is 107 Å². The summed E-state index contributed by atoms with van der Waals surface area (Å²) in [6, 6.07) is 29.9. The SMILES string of the molecule is N#Cc1c(OC2CO[C@@H]3[C@@H](OC(=O)CCl)CO[C@H]23)c2ccccc2n(Cc2ccc(F)cc2)c1=O.N#Cc1c(OC2CO[C@H]3[C@@H]2OC[C@@H]3O)c2ccccc2n(Cc2ccc(F)cc2)c1=O.O=C(Cl)CCl. The van der Waals surface area contributed by atoms with Crippen LogP contribution in [0.3, 0.4) is 0 Å². The summed E-state index contributed by atoms with van der Waals surface area (Å²) in [6.45, 7) is 0.930. The van der Waals surface area contributed by atoms with Crippen molar-refractivity contribution in [3.63, 3.8) is 0 Å². The molecule has 0 spiro atoms. The van der Waals surface area contributed by atoms with E-state index in [-0.39, 0.29) is 85.5 Å².